The van der Waals surface area contributed by atoms with E-state index in [1.165, 1.54) is 11.1 Å². The summed E-state index contributed by atoms with van der Waals surface area (Å²) in [7, 11) is 0. The van der Waals surface area contributed by atoms with Crippen molar-refractivity contribution < 1.29 is 9.53 Å². The highest BCUT2D eigenvalue weighted by atomic mass is 16.5. The van der Waals surface area contributed by atoms with Crippen molar-refractivity contribution in [2.45, 2.75) is 46.2 Å². The highest BCUT2D eigenvalue weighted by Crippen LogP contribution is 2.43. The molecule has 1 amide bonds. The summed E-state index contributed by atoms with van der Waals surface area (Å²) in [6.07, 6.45) is 4.82. The summed E-state index contributed by atoms with van der Waals surface area (Å²) in [4.78, 5) is 23.3. The van der Waals surface area contributed by atoms with E-state index in [4.69, 9.17) is 4.74 Å². The van der Waals surface area contributed by atoms with Crippen LogP contribution >= 0.6 is 0 Å². The number of carbonyl (C=O) groups is 1. The minimum Gasteiger partial charge on any atom is -0.377 e. The molecular weight excluding hydrogens is 364 g/mol. The lowest BCUT2D eigenvalue weighted by atomic mass is 9.81. The lowest BCUT2D eigenvalue weighted by Gasteiger charge is -2.44. The zero-order chi connectivity index (χ0) is 20.5. The van der Waals surface area contributed by atoms with E-state index in [0.717, 1.165) is 30.0 Å². The number of fused-ring (bicyclic) bond motifs is 1. The first kappa shape index (κ1) is 19.6. The molecule has 2 aliphatic heterocycles. The van der Waals surface area contributed by atoms with Gasteiger partial charge in [-0.1, -0.05) is 19.1 Å². The zero-order valence-corrected chi connectivity index (χ0v) is 17.5. The van der Waals surface area contributed by atoms with Gasteiger partial charge in [0.15, 0.2) is 0 Å². The summed E-state index contributed by atoms with van der Waals surface area (Å²) in [6.45, 7) is 9.28. The van der Waals surface area contributed by atoms with Gasteiger partial charge in [-0.2, -0.15) is 0 Å². The van der Waals surface area contributed by atoms with E-state index in [0.29, 0.717) is 12.6 Å². The molecule has 4 rings (SSSR count). The maximum atomic E-state index is 12.5. The minimum atomic E-state index is 0.0118. The second-order valence-electron chi connectivity index (χ2n) is 7.96. The molecule has 0 radical (unpaired) electrons. The standard InChI is InChI=1S/C23H28N4O2/c1-14-7-10-24-23(25-14)26-22-15(2)16(3)27(17(4)28)21-6-5-19(13-20(21)22)18-8-11-29-12-9-18/h5-8,10,13,15-16,22H,9,11-12H2,1-4H3,(H,24,25,26)/t15-,16-,22+/m0/s1. The van der Waals surface area contributed by atoms with Gasteiger partial charge in [-0.05, 0) is 55.2 Å². The van der Waals surface area contributed by atoms with Crippen LogP contribution in [0.5, 0.6) is 0 Å². The number of nitrogens with one attached hydrogen (secondary N) is 1. The van der Waals surface area contributed by atoms with Gasteiger partial charge in [0, 0.05) is 36.5 Å². The SMILES string of the molecule is CC(=O)N1c2ccc(C3=CCOCC3)cc2[C@H](Nc2nccc(C)n2)[C@@H](C)[C@@H]1C. The number of hydrogen-bond acceptors (Lipinski definition) is 5. The van der Waals surface area contributed by atoms with E-state index in [2.05, 4.69) is 53.4 Å². The number of anilines is 2. The molecule has 0 saturated heterocycles. The summed E-state index contributed by atoms with van der Waals surface area (Å²) >= 11 is 0. The van der Waals surface area contributed by atoms with Gasteiger partial charge in [-0.25, -0.2) is 9.97 Å². The predicted octanol–water partition coefficient (Wildman–Crippen LogP) is 4.13. The van der Waals surface area contributed by atoms with Crippen LogP contribution in [-0.2, 0) is 9.53 Å². The molecule has 0 bridgehead atoms. The van der Waals surface area contributed by atoms with Crippen LogP contribution < -0.4 is 10.2 Å². The van der Waals surface area contributed by atoms with Gasteiger partial charge in [0.05, 0.1) is 19.3 Å². The third-order valence-corrected chi connectivity index (χ3v) is 6.07. The highest BCUT2D eigenvalue weighted by Gasteiger charge is 2.38. The van der Waals surface area contributed by atoms with Crippen molar-refractivity contribution in [3.63, 3.8) is 0 Å². The molecule has 29 heavy (non-hydrogen) atoms. The number of aromatic nitrogens is 2. The lowest BCUT2D eigenvalue weighted by Crippen LogP contribution is -2.48. The van der Waals surface area contributed by atoms with Crippen LogP contribution in [0.3, 0.4) is 0 Å². The minimum absolute atomic E-state index is 0.0118. The van der Waals surface area contributed by atoms with Gasteiger partial charge < -0.3 is 15.0 Å². The fraction of sp³-hybridized carbons (Fsp3) is 0.435. The molecule has 152 valence electrons. The number of amides is 1. The first-order valence-electron chi connectivity index (χ1n) is 10.2. The average Bonchev–Trinajstić information content (AvgIpc) is 2.72. The molecule has 0 saturated carbocycles. The van der Waals surface area contributed by atoms with E-state index in [1.807, 2.05) is 17.9 Å². The topological polar surface area (TPSA) is 67.3 Å². The van der Waals surface area contributed by atoms with E-state index in [-0.39, 0.29) is 23.9 Å². The molecule has 2 aliphatic rings. The lowest BCUT2D eigenvalue weighted by molar-refractivity contribution is -0.117. The van der Waals surface area contributed by atoms with Crippen molar-refractivity contribution in [1.82, 2.24) is 9.97 Å². The van der Waals surface area contributed by atoms with Crippen LogP contribution in [0, 0.1) is 12.8 Å². The maximum absolute atomic E-state index is 12.5. The number of carbonyl (C=O) groups excluding carboxylic acids is 1. The molecule has 6 nitrogen and oxygen atoms in total. The fourth-order valence-electron chi connectivity index (χ4n) is 4.35. The Balaban J connectivity index is 1.80. The van der Waals surface area contributed by atoms with Crippen molar-refractivity contribution in [2.75, 3.05) is 23.4 Å². The third kappa shape index (κ3) is 3.77. The second kappa shape index (κ2) is 7.95. The molecule has 0 unspecified atom stereocenters. The Hall–Kier alpha value is -2.73. The molecule has 0 aliphatic carbocycles. The molecule has 1 N–H and O–H groups in total. The first-order valence-corrected chi connectivity index (χ1v) is 10.2. The summed E-state index contributed by atoms with van der Waals surface area (Å²) < 4.78 is 5.47. The van der Waals surface area contributed by atoms with Crippen LogP contribution in [0.4, 0.5) is 11.6 Å². The van der Waals surface area contributed by atoms with Crippen LogP contribution in [0.25, 0.3) is 5.57 Å². The number of aryl methyl sites for hydroxylation is 1. The fourth-order valence-corrected chi connectivity index (χ4v) is 4.35. The summed E-state index contributed by atoms with van der Waals surface area (Å²) in [6, 6.07) is 8.39. The van der Waals surface area contributed by atoms with E-state index >= 15 is 0 Å². The molecule has 0 fully saturated rings. The molecule has 2 aromatic rings. The van der Waals surface area contributed by atoms with E-state index in [1.54, 1.807) is 13.1 Å². The van der Waals surface area contributed by atoms with E-state index < -0.39 is 0 Å². The second-order valence-corrected chi connectivity index (χ2v) is 7.96. The monoisotopic (exact) mass is 392 g/mol. The van der Waals surface area contributed by atoms with Crippen LogP contribution in [-0.4, -0.2) is 35.1 Å². The van der Waals surface area contributed by atoms with Crippen molar-refractivity contribution in [3.8, 4) is 0 Å². The van der Waals surface area contributed by atoms with Crippen molar-refractivity contribution in [2.24, 2.45) is 5.92 Å². The van der Waals surface area contributed by atoms with Gasteiger partial charge >= 0.3 is 0 Å². The largest absolute Gasteiger partial charge is 0.377 e. The Labute approximate surface area is 172 Å². The molecule has 3 heterocycles. The Morgan fingerprint density at radius 2 is 2.10 bits per heavy atom. The van der Waals surface area contributed by atoms with Crippen molar-refractivity contribution in [3.05, 3.63) is 53.4 Å². The Kier molecular flexibility index (Phi) is 5.37. The quantitative estimate of drug-likeness (QED) is 0.851. The van der Waals surface area contributed by atoms with Gasteiger partial charge in [-0.3, -0.25) is 4.79 Å². The summed E-state index contributed by atoms with van der Waals surface area (Å²) in [5, 5.41) is 3.54. The third-order valence-electron chi connectivity index (χ3n) is 6.07. The number of benzene rings is 1. The first-order chi connectivity index (χ1) is 14.0. The van der Waals surface area contributed by atoms with Crippen LogP contribution in [0.1, 0.15) is 50.1 Å². The Morgan fingerprint density at radius 1 is 1.28 bits per heavy atom. The number of ether oxygens (including phenoxy) is 1. The molecule has 0 spiro atoms. The van der Waals surface area contributed by atoms with Crippen molar-refractivity contribution in [1.29, 1.82) is 0 Å². The number of rotatable bonds is 3. The van der Waals surface area contributed by atoms with E-state index in [9.17, 15) is 4.79 Å². The molecule has 6 heteroatoms. The van der Waals surface area contributed by atoms with Crippen molar-refractivity contribution >= 4 is 23.1 Å². The van der Waals surface area contributed by atoms with Gasteiger partial charge in [0.2, 0.25) is 11.9 Å². The molecule has 1 aromatic heterocycles. The zero-order valence-electron chi connectivity index (χ0n) is 17.5. The smallest absolute Gasteiger partial charge is 0.224 e. The van der Waals surface area contributed by atoms with Gasteiger partial charge in [-0.15, -0.1) is 0 Å². The Morgan fingerprint density at radius 3 is 2.79 bits per heavy atom. The number of hydrogen-bond donors (Lipinski definition) is 1. The van der Waals surface area contributed by atoms with Gasteiger partial charge in [0.25, 0.3) is 0 Å². The molecule has 1 aromatic carbocycles. The van der Waals surface area contributed by atoms with Crippen LogP contribution in [0.15, 0.2) is 36.5 Å². The normalized spacial score (nSPS) is 23.9. The predicted molar refractivity (Wildman–Crippen MR) is 115 cm³/mol. The molecule has 3 atom stereocenters. The Bertz CT molecular complexity index is 956. The average molecular weight is 393 g/mol. The number of nitrogens with zero attached hydrogens (tertiary/aromatic N) is 3. The highest BCUT2D eigenvalue weighted by molar-refractivity contribution is 5.94. The van der Waals surface area contributed by atoms with Crippen LogP contribution in [0.2, 0.25) is 0 Å². The maximum Gasteiger partial charge on any atom is 0.224 e. The summed E-state index contributed by atoms with van der Waals surface area (Å²) in [5.74, 6) is 0.871. The molecular formula is C23H28N4O2. The van der Waals surface area contributed by atoms with Gasteiger partial charge in [0.1, 0.15) is 0 Å². The summed E-state index contributed by atoms with van der Waals surface area (Å²) in [5.41, 5.74) is 5.48.